The van der Waals surface area contributed by atoms with Crippen LogP contribution < -0.4 is 16.2 Å². The number of para-hydroxylation sites is 1. The van der Waals surface area contributed by atoms with E-state index in [1.54, 1.807) is 48.7 Å². The van der Waals surface area contributed by atoms with E-state index >= 15 is 0 Å². The number of aromatic nitrogens is 1. The van der Waals surface area contributed by atoms with Crippen molar-refractivity contribution in [3.63, 3.8) is 0 Å². The molecule has 29 heavy (non-hydrogen) atoms. The molecule has 0 saturated carbocycles. The lowest BCUT2D eigenvalue weighted by molar-refractivity contribution is 0.0946. The molecule has 144 valence electrons. The molecule has 1 amide bonds. The quantitative estimate of drug-likeness (QED) is 0.326. The number of amides is 1. The third kappa shape index (κ3) is 4.37. The summed E-state index contributed by atoms with van der Waals surface area (Å²) in [6.45, 7) is 0. The van der Waals surface area contributed by atoms with Crippen molar-refractivity contribution in [1.82, 2.24) is 15.8 Å². The number of pyridine rings is 1. The van der Waals surface area contributed by atoms with Crippen molar-refractivity contribution >= 4 is 51.4 Å². The second kappa shape index (κ2) is 8.30. The number of furan rings is 1. The van der Waals surface area contributed by atoms with Crippen LogP contribution in [0.2, 0.25) is 5.02 Å². The molecule has 6 nitrogen and oxygen atoms in total. The second-order valence-corrected chi connectivity index (χ2v) is 6.93. The highest BCUT2D eigenvalue weighted by Gasteiger charge is 2.15. The van der Waals surface area contributed by atoms with Crippen LogP contribution >= 0.6 is 23.8 Å². The van der Waals surface area contributed by atoms with E-state index < -0.39 is 0 Å². The van der Waals surface area contributed by atoms with E-state index in [0.29, 0.717) is 27.6 Å². The van der Waals surface area contributed by atoms with Crippen molar-refractivity contribution in [2.75, 3.05) is 5.32 Å². The van der Waals surface area contributed by atoms with E-state index in [1.165, 1.54) is 0 Å². The van der Waals surface area contributed by atoms with Gasteiger partial charge in [-0.25, -0.2) is 4.98 Å². The number of fused-ring (bicyclic) bond motifs is 1. The number of carbonyl (C=O) groups excluding carboxylic acids is 1. The molecule has 2 heterocycles. The molecule has 2 aromatic carbocycles. The fourth-order valence-corrected chi connectivity index (χ4v) is 3.09. The van der Waals surface area contributed by atoms with Gasteiger partial charge in [-0.2, -0.15) is 0 Å². The van der Waals surface area contributed by atoms with Crippen LogP contribution in [0.4, 0.5) is 5.69 Å². The summed E-state index contributed by atoms with van der Waals surface area (Å²) in [7, 11) is 0. The predicted octanol–water partition coefficient (Wildman–Crippen LogP) is 4.78. The van der Waals surface area contributed by atoms with Crippen LogP contribution in [0.1, 0.15) is 10.4 Å². The van der Waals surface area contributed by atoms with Gasteiger partial charge in [0.1, 0.15) is 5.69 Å². The Balaban J connectivity index is 1.53. The maximum Gasteiger partial charge on any atom is 0.270 e. The summed E-state index contributed by atoms with van der Waals surface area (Å²) in [5.41, 5.74) is 7.78. The highest BCUT2D eigenvalue weighted by atomic mass is 35.5. The Morgan fingerprint density at radius 1 is 1.00 bits per heavy atom. The third-order valence-electron chi connectivity index (χ3n) is 4.13. The van der Waals surface area contributed by atoms with Gasteiger partial charge in [-0.15, -0.1) is 0 Å². The Morgan fingerprint density at radius 2 is 1.79 bits per heavy atom. The summed E-state index contributed by atoms with van der Waals surface area (Å²) in [5, 5.41) is 4.55. The number of hydrazine groups is 1. The third-order valence-corrected chi connectivity index (χ3v) is 4.58. The minimum Gasteiger partial charge on any atom is -0.463 e. The molecule has 0 fully saturated rings. The van der Waals surface area contributed by atoms with Gasteiger partial charge < -0.3 is 9.73 Å². The van der Waals surface area contributed by atoms with E-state index in [-0.39, 0.29) is 11.0 Å². The van der Waals surface area contributed by atoms with Gasteiger partial charge in [-0.1, -0.05) is 29.8 Å². The number of anilines is 1. The molecular weight excluding hydrogens is 408 g/mol. The zero-order valence-corrected chi connectivity index (χ0v) is 16.6. The first-order chi connectivity index (χ1) is 14.1. The largest absolute Gasteiger partial charge is 0.463 e. The molecule has 0 atom stereocenters. The van der Waals surface area contributed by atoms with Crippen molar-refractivity contribution in [2.45, 2.75) is 0 Å². The molecule has 0 aliphatic carbocycles. The maximum atomic E-state index is 12.8. The lowest BCUT2D eigenvalue weighted by Crippen LogP contribution is -2.43. The zero-order chi connectivity index (χ0) is 20.2. The van der Waals surface area contributed by atoms with Gasteiger partial charge in [0.25, 0.3) is 5.91 Å². The second-order valence-electron chi connectivity index (χ2n) is 6.09. The molecule has 0 spiro atoms. The molecule has 0 bridgehead atoms. The van der Waals surface area contributed by atoms with Crippen molar-refractivity contribution in [3.05, 3.63) is 83.6 Å². The molecule has 8 heteroatoms. The highest BCUT2D eigenvalue weighted by molar-refractivity contribution is 7.80. The normalized spacial score (nSPS) is 10.5. The van der Waals surface area contributed by atoms with Gasteiger partial charge in [0, 0.05) is 16.1 Å². The van der Waals surface area contributed by atoms with Gasteiger partial charge in [0.2, 0.25) is 0 Å². The first kappa shape index (κ1) is 18.9. The Kier molecular flexibility index (Phi) is 5.41. The minimum absolute atomic E-state index is 0.241. The molecular formula is C21H15ClN4O2S. The SMILES string of the molecule is O=C(NNC(=S)Nc1ccc(Cl)cc1)c1cc(-c2ccco2)nc2ccccc12. The fraction of sp³-hybridized carbons (Fsp3) is 0. The van der Waals surface area contributed by atoms with Crippen LogP contribution in [0.5, 0.6) is 0 Å². The number of benzene rings is 2. The molecule has 0 radical (unpaired) electrons. The lowest BCUT2D eigenvalue weighted by Gasteiger charge is -2.13. The van der Waals surface area contributed by atoms with Gasteiger partial charge >= 0.3 is 0 Å². The van der Waals surface area contributed by atoms with Crippen LogP contribution in [0.15, 0.2) is 77.4 Å². The molecule has 0 aliphatic rings. The summed E-state index contributed by atoms with van der Waals surface area (Å²) in [5.74, 6) is 0.231. The first-order valence-electron chi connectivity index (χ1n) is 8.67. The molecule has 0 saturated heterocycles. The molecule has 4 aromatic rings. The van der Waals surface area contributed by atoms with Crippen LogP contribution in [0, 0.1) is 0 Å². The molecule has 0 unspecified atom stereocenters. The smallest absolute Gasteiger partial charge is 0.270 e. The minimum atomic E-state index is -0.350. The van der Waals surface area contributed by atoms with Gasteiger partial charge in [0.15, 0.2) is 10.9 Å². The van der Waals surface area contributed by atoms with Crippen LogP contribution in [0.3, 0.4) is 0 Å². The summed E-state index contributed by atoms with van der Waals surface area (Å²) >= 11 is 11.1. The Morgan fingerprint density at radius 3 is 2.55 bits per heavy atom. The number of halogens is 1. The molecule has 2 aromatic heterocycles. The average molecular weight is 423 g/mol. The highest BCUT2D eigenvalue weighted by Crippen LogP contribution is 2.25. The monoisotopic (exact) mass is 422 g/mol. The Hall–Kier alpha value is -3.42. The first-order valence-corrected chi connectivity index (χ1v) is 9.45. The standard InChI is InChI=1S/C21H15ClN4O2S/c22-13-7-9-14(10-8-13)23-21(29)26-25-20(27)16-12-18(19-6-3-11-28-19)24-17-5-2-1-4-15(16)17/h1-12H,(H,25,27)(H2,23,26,29). The van der Waals surface area contributed by atoms with Crippen LogP contribution in [-0.2, 0) is 0 Å². The number of hydrogen-bond donors (Lipinski definition) is 3. The topological polar surface area (TPSA) is 79.2 Å². The van der Waals surface area contributed by atoms with Gasteiger partial charge in [-0.3, -0.25) is 15.6 Å². The van der Waals surface area contributed by atoms with Crippen molar-refractivity contribution in [3.8, 4) is 11.5 Å². The zero-order valence-electron chi connectivity index (χ0n) is 15.0. The average Bonchev–Trinajstić information content (AvgIpc) is 3.28. The van der Waals surface area contributed by atoms with Crippen LogP contribution in [0.25, 0.3) is 22.4 Å². The van der Waals surface area contributed by atoms with Gasteiger partial charge in [0.05, 0.1) is 17.3 Å². The fourth-order valence-electron chi connectivity index (χ4n) is 2.79. The lowest BCUT2D eigenvalue weighted by atomic mass is 10.1. The molecule has 3 N–H and O–H groups in total. The van der Waals surface area contributed by atoms with E-state index in [1.807, 2.05) is 24.3 Å². The van der Waals surface area contributed by atoms with E-state index in [9.17, 15) is 4.79 Å². The summed E-state index contributed by atoms with van der Waals surface area (Å²) < 4.78 is 5.43. The van der Waals surface area contributed by atoms with E-state index in [2.05, 4.69) is 21.2 Å². The number of nitrogens with one attached hydrogen (secondary N) is 3. The van der Waals surface area contributed by atoms with E-state index in [4.69, 9.17) is 28.2 Å². The number of carbonyl (C=O) groups is 1. The Labute approximate surface area is 176 Å². The molecule has 4 rings (SSSR count). The number of hydrogen-bond acceptors (Lipinski definition) is 4. The number of rotatable bonds is 3. The van der Waals surface area contributed by atoms with Crippen molar-refractivity contribution < 1.29 is 9.21 Å². The summed E-state index contributed by atoms with van der Waals surface area (Å²) in [6, 6.07) is 19.7. The summed E-state index contributed by atoms with van der Waals surface area (Å²) in [4.78, 5) is 17.4. The number of nitrogens with zero attached hydrogens (tertiary/aromatic N) is 1. The Bertz CT molecular complexity index is 1180. The van der Waals surface area contributed by atoms with Crippen LogP contribution in [-0.4, -0.2) is 16.0 Å². The maximum absolute atomic E-state index is 12.8. The van der Waals surface area contributed by atoms with E-state index in [0.717, 1.165) is 11.1 Å². The van der Waals surface area contributed by atoms with Gasteiger partial charge in [-0.05, 0) is 60.7 Å². The summed E-state index contributed by atoms with van der Waals surface area (Å²) in [6.07, 6.45) is 1.56. The predicted molar refractivity (Wildman–Crippen MR) is 118 cm³/mol. The molecule has 0 aliphatic heterocycles. The van der Waals surface area contributed by atoms with Crippen molar-refractivity contribution in [2.24, 2.45) is 0 Å². The van der Waals surface area contributed by atoms with Crippen molar-refractivity contribution in [1.29, 1.82) is 0 Å². The number of thiocarbonyl (C=S) groups is 1.